The zero-order valence-electron chi connectivity index (χ0n) is 11.1. The monoisotopic (exact) mass is 324 g/mol. The van der Waals surface area contributed by atoms with Crippen LogP contribution in [0.2, 0.25) is 0 Å². The lowest BCUT2D eigenvalue weighted by atomic mass is 10.2. The van der Waals surface area contributed by atoms with Crippen LogP contribution >= 0.6 is 12.2 Å². The number of thiocarbonyl (C=S) groups is 1. The van der Waals surface area contributed by atoms with Crippen LogP contribution in [-0.4, -0.2) is 13.4 Å². The molecule has 7 heteroatoms. The summed E-state index contributed by atoms with van der Waals surface area (Å²) in [7, 11) is -3.85. The molecule has 4 nitrogen and oxygen atoms in total. The maximum absolute atomic E-state index is 13.1. The van der Waals surface area contributed by atoms with Gasteiger partial charge in [0.25, 0.3) is 10.0 Å². The van der Waals surface area contributed by atoms with Crippen molar-refractivity contribution in [3.05, 3.63) is 59.4 Å². The number of hydrogen-bond acceptors (Lipinski definition) is 3. The molecule has 0 heterocycles. The molecular formula is C14H13FN2O2S2. The highest BCUT2D eigenvalue weighted by Gasteiger charge is 2.19. The van der Waals surface area contributed by atoms with E-state index in [2.05, 4.69) is 4.72 Å². The van der Waals surface area contributed by atoms with Gasteiger partial charge in [0.05, 0.1) is 10.6 Å². The summed E-state index contributed by atoms with van der Waals surface area (Å²) in [6, 6.07) is 10.0. The van der Waals surface area contributed by atoms with E-state index in [0.717, 1.165) is 12.1 Å². The molecule has 2 rings (SSSR count). The molecule has 0 bridgehead atoms. The van der Waals surface area contributed by atoms with Crippen molar-refractivity contribution < 1.29 is 12.8 Å². The molecule has 0 aliphatic carbocycles. The number of para-hydroxylation sites is 1. The summed E-state index contributed by atoms with van der Waals surface area (Å²) in [6.45, 7) is 1.52. The highest BCUT2D eigenvalue weighted by Crippen LogP contribution is 2.22. The average Bonchev–Trinajstić information content (AvgIpc) is 2.37. The molecule has 110 valence electrons. The Morgan fingerprint density at radius 1 is 1.24 bits per heavy atom. The molecule has 0 aliphatic heterocycles. The molecule has 2 aromatic rings. The molecule has 0 saturated carbocycles. The van der Waals surface area contributed by atoms with Crippen LogP contribution < -0.4 is 10.5 Å². The summed E-state index contributed by atoms with van der Waals surface area (Å²) < 4.78 is 40.3. The number of sulfonamides is 1. The highest BCUT2D eigenvalue weighted by molar-refractivity contribution is 7.92. The number of nitrogens with two attached hydrogens (primary N) is 1. The van der Waals surface area contributed by atoms with Crippen LogP contribution in [0, 0.1) is 12.7 Å². The summed E-state index contributed by atoms with van der Waals surface area (Å²) >= 11 is 4.89. The van der Waals surface area contributed by atoms with E-state index in [9.17, 15) is 12.8 Å². The van der Waals surface area contributed by atoms with Crippen molar-refractivity contribution in [3.8, 4) is 0 Å². The van der Waals surface area contributed by atoms with Gasteiger partial charge in [0.1, 0.15) is 10.8 Å². The second-order valence-corrected chi connectivity index (χ2v) is 6.52. The van der Waals surface area contributed by atoms with Gasteiger partial charge in [-0.1, -0.05) is 24.4 Å². The molecule has 0 amide bonds. The van der Waals surface area contributed by atoms with Gasteiger partial charge >= 0.3 is 0 Å². The topological polar surface area (TPSA) is 72.2 Å². The average molecular weight is 324 g/mol. The highest BCUT2D eigenvalue weighted by atomic mass is 32.2. The molecule has 0 unspecified atom stereocenters. The Balaban J connectivity index is 2.45. The molecule has 0 radical (unpaired) electrons. The predicted molar refractivity (Wildman–Crippen MR) is 84.3 cm³/mol. The zero-order chi connectivity index (χ0) is 15.6. The third kappa shape index (κ3) is 3.37. The van der Waals surface area contributed by atoms with Gasteiger partial charge < -0.3 is 5.73 Å². The van der Waals surface area contributed by atoms with Crippen LogP contribution in [-0.2, 0) is 10.0 Å². The standard InChI is InChI=1S/C14H13FN2O2S2/c1-9-8-10(15)6-7-13(9)21(18,19)17-12-5-3-2-4-11(12)14(16)20/h2-8,17H,1H3,(H2,16,20). The molecular weight excluding hydrogens is 311 g/mol. The SMILES string of the molecule is Cc1cc(F)ccc1S(=O)(=O)Nc1ccccc1C(N)=S. The van der Waals surface area contributed by atoms with E-state index in [4.69, 9.17) is 18.0 Å². The number of nitrogens with one attached hydrogen (secondary N) is 1. The van der Waals surface area contributed by atoms with Crippen molar-refractivity contribution in [2.24, 2.45) is 5.73 Å². The van der Waals surface area contributed by atoms with E-state index >= 15 is 0 Å². The molecule has 2 aromatic carbocycles. The minimum Gasteiger partial charge on any atom is -0.389 e. The quantitative estimate of drug-likeness (QED) is 0.848. The summed E-state index contributed by atoms with van der Waals surface area (Å²) in [5.41, 5.74) is 6.60. The number of rotatable bonds is 4. The second-order valence-electron chi connectivity index (χ2n) is 4.43. The van der Waals surface area contributed by atoms with E-state index in [-0.39, 0.29) is 15.6 Å². The lowest BCUT2D eigenvalue weighted by Crippen LogP contribution is -2.18. The number of benzene rings is 2. The minimum absolute atomic E-state index is 0.00152. The molecule has 3 N–H and O–H groups in total. The van der Waals surface area contributed by atoms with Crippen LogP contribution in [0.3, 0.4) is 0 Å². The van der Waals surface area contributed by atoms with Gasteiger partial charge in [-0.05, 0) is 42.8 Å². The second kappa shape index (κ2) is 5.79. The van der Waals surface area contributed by atoms with Crippen molar-refractivity contribution in [1.82, 2.24) is 0 Å². The van der Waals surface area contributed by atoms with Crippen molar-refractivity contribution in [1.29, 1.82) is 0 Å². The van der Waals surface area contributed by atoms with Gasteiger partial charge in [-0.3, -0.25) is 4.72 Å². The Morgan fingerprint density at radius 3 is 2.52 bits per heavy atom. The third-order valence-electron chi connectivity index (χ3n) is 2.86. The fourth-order valence-corrected chi connectivity index (χ4v) is 3.39. The van der Waals surface area contributed by atoms with Gasteiger partial charge in [-0.15, -0.1) is 0 Å². The summed E-state index contributed by atoms with van der Waals surface area (Å²) in [5.74, 6) is -0.491. The first-order valence-corrected chi connectivity index (χ1v) is 7.88. The fourth-order valence-electron chi connectivity index (χ4n) is 1.90. The molecule has 0 fully saturated rings. The number of anilines is 1. The van der Waals surface area contributed by atoms with Gasteiger partial charge in [-0.2, -0.15) is 0 Å². The van der Waals surface area contributed by atoms with Gasteiger partial charge in [0.2, 0.25) is 0 Å². The van der Waals surface area contributed by atoms with E-state index in [1.54, 1.807) is 24.3 Å². The minimum atomic E-state index is -3.85. The van der Waals surface area contributed by atoms with Crippen LogP contribution in [0.1, 0.15) is 11.1 Å². The number of aryl methyl sites for hydroxylation is 1. The Hall–Kier alpha value is -1.99. The van der Waals surface area contributed by atoms with Crippen molar-refractivity contribution >= 4 is 32.9 Å². The first kappa shape index (κ1) is 15.4. The molecule has 0 aliphatic rings. The normalized spacial score (nSPS) is 11.1. The van der Waals surface area contributed by atoms with Crippen molar-refractivity contribution in [2.75, 3.05) is 4.72 Å². The first-order chi connectivity index (χ1) is 9.81. The predicted octanol–water partition coefficient (Wildman–Crippen LogP) is 2.57. The molecule has 0 atom stereocenters. The first-order valence-electron chi connectivity index (χ1n) is 5.99. The Bertz CT molecular complexity index is 804. The fraction of sp³-hybridized carbons (Fsp3) is 0.0714. The molecule has 0 saturated heterocycles. The van der Waals surface area contributed by atoms with Crippen LogP contribution in [0.5, 0.6) is 0 Å². The number of hydrogen-bond donors (Lipinski definition) is 2. The summed E-state index contributed by atoms with van der Waals surface area (Å²) in [4.78, 5) is 0.0887. The van der Waals surface area contributed by atoms with E-state index < -0.39 is 15.8 Å². The van der Waals surface area contributed by atoms with E-state index in [1.165, 1.54) is 13.0 Å². The molecule has 21 heavy (non-hydrogen) atoms. The Kier molecular flexibility index (Phi) is 4.24. The van der Waals surface area contributed by atoms with Gasteiger partial charge in [0.15, 0.2) is 0 Å². The van der Waals surface area contributed by atoms with Crippen LogP contribution in [0.25, 0.3) is 0 Å². The van der Waals surface area contributed by atoms with Gasteiger partial charge in [0, 0.05) is 5.56 Å². The zero-order valence-corrected chi connectivity index (χ0v) is 12.8. The lowest BCUT2D eigenvalue weighted by Gasteiger charge is -2.13. The Morgan fingerprint density at radius 2 is 1.90 bits per heavy atom. The Labute approximate surface area is 127 Å². The smallest absolute Gasteiger partial charge is 0.262 e. The summed E-state index contributed by atoms with van der Waals surface area (Å²) in [6.07, 6.45) is 0. The largest absolute Gasteiger partial charge is 0.389 e. The van der Waals surface area contributed by atoms with E-state index in [0.29, 0.717) is 11.1 Å². The van der Waals surface area contributed by atoms with Crippen LogP contribution in [0.15, 0.2) is 47.4 Å². The summed E-state index contributed by atoms with van der Waals surface area (Å²) in [5, 5.41) is 0. The molecule has 0 spiro atoms. The maximum Gasteiger partial charge on any atom is 0.262 e. The lowest BCUT2D eigenvalue weighted by molar-refractivity contribution is 0.598. The van der Waals surface area contributed by atoms with Crippen LogP contribution in [0.4, 0.5) is 10.1 Å². The third-order valence-corrected chi connectivity index (χ3v) is 4.61. The van der Waals surface area contributed by atoms with Crippen molar-refractivity contribution in [3.63, 3.8) is 0 Å². The van der Waals surface area contributed by atoms with E-state index in [1.807, 2.05) is 0 Å². The molecule has 0 aromatic heterocycles. The van der Waals surface area contributed by atoms with Gasteiger partial charge in [-0.25, -0.2) is 12.8 Å². The number of halogens is 1. The maximum atomic E-state index is 13.1. The van der Waals surface area contributed by atoms with Crippen molar-refractivity contribution in [2.45, 2.75) is 11.8 Å².